The van der Waals surface area contributed by atoms with Crippen molar-refractivity contribution in [3.8, 4) is 0 Å². The Morgan fingerprint density at radius 3 is 2.70 bits per heavy atom. The number of rotatable bonds is 4. The Bertz CT molecular complexity index is 137. The first-order valence-electron chi connectivity index (χ1n) is 2.30. The lowest BCUT2D eigenvalue weighted by Crippen LogP contribution is -2.50. The maximum atomic E-state index is 9.67. The van der Waals surface area contributed by atoms with Crippen LogP contribution in [-0.4, -0.2) is 23.4 Å². The fraction of sp³-hybridized carbons (Fsp3) is 1.00. The van der Waals surface area contributed by atoms with E-state index in [1.807, 2.05) is 0 Å². The average Bonchev–Trinajstić information content (AvgIpc) is 1.85. The molecule has 0 spiro atoms. The molecule has 0 saturated heterocycles. The van der Waals surface area contributed by atoms with E-state index in [0.717, 1.165) is 0 Å². The molecule has 0 rings (SSSR count). The van der Waals surface area contributed by atoms with Crippen molar-refractivity contribution in [3.05, 3.63) is 15.0 Å². The summed E-state index contributed by atoms with van der Waals surface area (Å²) in [5, 5.41) is 11.8. The number of nitrogens with one attached hydrogen (secondary N) is 1. The number of nitroso groups, excluding NO2 is 1. The van der Waals surface area contributed by atoms with Gasteiger partial charge in [-0.3, -0.25) is 5.73 Å². The highest BCUT2D eigenvalue weighted by Crippen LogP contribution is 1.82. The molecule has 0 radical (unpaired) electrons. The van der Waals surface area contributed by atoms with Gasteiger partial charge in [0, 0.05) is 7.05 Å². The van der Waals surface area contributed by atoms with Gasteiger partial charge in [0.05, 0.1) is 5.29 Å². The fourth-order valence-electron chi connectivity index (χ4n) is 0.242. The summed E-state index contributed by atoms with van der Waals surface area (Å²) in [6.45, 7) is 0. The Labute approximate surface area is 56.0 Å². The Kier molecular flexibility index (Phi) is 3.05. The molecule has 0 amide bonds. The monoisotopic (exact) mass is 149 g/mol. The predicted octanol–water partition coefficient (Wildman–Crippen LogP) is -1.38. The van der Waals surface area contributed by atoms with Gasteiger partial charge in [-0.05, 0) is 0 Å². The number of hydrogen-bond acceptors (Lipinski definition) is 5. The Hall–Kier alpha value is -1.44. The standard InChI is InChI=1S/C2H7N5O3/c1-6(5-8)2(3)4-7(9)10/h2,4H,3H2,1H3. The molecule has 0 aliphatic rings. The minimum Gasteiger partial charge on any atom is -0.288 e. The van der Waals surface area contributed by atoms with E-state index in [9.17, 15) is 15.0 Å². The van der Waals surface area contributed by atoms with Crippen molar-refractivity contribution in [2.24, 2.45) is 11.0 Å². The summed E-state index contributed by atoms with van der Waals surface area (Å²) in [6.07, 6.45) is -1.19. The van der Waals surface area contributed by atoms with Crippen molar-refractivity contribution in [1.29, 1.82) is 0 Å². The van der Waals surface area contributed by atoms with E-state index in [-0.39, 0.29) is 0 Å². The van der Waals surface area contributed by atoms with Crippen LogP contribution < -0.4 is 11.2 Å². The molecule has 0 saturated carbocycles. The van der Waals surface area contributed by atoms with Gasteiger partial charge in [0.25, 0.3) is 0 Å². The van der Waals surface area contributed by atoms with Gasteiger partial charge in [-0.25, -0.2) is 15.1 Å². The predicted molar refractivity (Wildman–Crippen MR) is 31.7 cm³/mol. The maximum Gasteiger partial charge on any atom is 0.226 e. The van der Waals surface area contributed by atoms with E-state index in [1.165, 1.54) is 7.05 Å². The quantitative estimate of drug-likeness (QED) is 0.220. The first kappa shape index (κ1) is 8.56. The zero-order valence-corrected chi connectivity index (χ0v) is 5.22. The molecule has 10 heavy (non-hydrogen) atoms. The topological polar surface area (TPSA) is 114 Å². The normalized spacial score (nSPS) is 11.8. The van der Waals surface area contributed by atoms with Gasteiger partial charge in [0.1, 0.15) is 0 Å². The highest BCUT2D eigenvalue weighted by molar-refractivity contribution is 4.45. The van der Waals surface area contributed by atoms with Crippen molar-refractivity contribution < 1.29 is 5.03 Å². The first-order valence-corrected chi connectivity index (χ1v) is 2.30. The zero-order valence-electron chi connectivity index (χ0n) is 5.22. The molecular formula is C2H7N5O3. The van der Waals surface area contributed by atoms with Crippen LogP contribution in [0.2, 0.25) is 0 Å². The van der Waals surface area contributed by atoms with E-state index in [4.69, 9.17) is 5.73 Å². The summed E-state index contributed by atoms with van der Waals surface area (Å²) in [7, 11) is 1.22. The second-order valence-corrected chi connectivity index (χ2v) is 1.49. The third kappa shape index (κ3) is 2.77. The van der Waals surface area contributed by atoms with Crippen LogP contribution in [0.15, 0.2) is 5.29 Å². The van der Waals surface area contributed by atoms with Crippen LogP contribution in [-0.2, 0) is 0 Å². The van der Waals surface area contributed by atoms with Crippen molar-refractivity contribution in [2.45, 2.75) is 6.29 Å². The molecule has 0 aromatic rings. The van der Waals surface area contributed by atoms with E-state index in [1.54, 1.807) is 5.43 Å². The van der Waals surface area contributed by atoms with Crippen molar-refractivity contribution in [2.75, 3.05) is 7.05 Å². The third-order valence-corrected chi connectivity index (χ3v) is 0.769. The number of hydrogen-bond donors (Lipinski definition) is 2. The van der Waals surface area contributed by atoms with Crippen LogP contribution in [0.1, 0.15) is 0 Å². The highest BCUT2D eigenvalue weighted by Gasteiger charge is 2.11. The van der Waals surface area contributed by atoms with E-state index >= 15 is 0 Å². The van der Waals surface area contributed by atoms with Crippen LogP contribution in [0.25, 0.3) is 0 Å². The molecule has 1 unspecified atom stereocenters. The molecular weight excluding hydrogens is 142 g/mol. The Morgan fingerprint density at radius 1 is 1.90 bits per heavy atom. The molecule has 8 heteroatoms. The average molecular weight is 149 g/mol. The summed E-state index contributed by atoms with van der Waals surface area (Å²) in [5.41, 5.74) is 6.63. The van der Waals surface area contributed by atoms with Crippen LogP contribution >= 0.6 is 0 Å². The van der Waals surface area contributed by atoms with Gasteiger partial charge >= 0.3 is 0 Å². The lowest BCUT2D eigenvalue weighted by molar-refractivity contribution is -0.555. The number of hydrazine groups is 1. The van der Waals surface area contributed by atoms with Crippen molar-refractivity contribution in [3.63, 3.8) is 0 Å². The minimum atomic E-state index is -1.19. The molecule has 0 fully saturated rings. The van der Waals surface area contributed by atoms with E-state index in [0.29, 0.717) is 5.01 Å². The second-order valence-electron chi connectivity index (χ2n) is 1.49. The summed E-state index contributed by atoms with van der Waals surface area (Å²) in [4.78, 5) is 19.3. The van der Waals surface area contributed by atoms with Crippen LogP contribution in [0, 0.1) is 15.0 Å². The second kappa shape index (κ2) is 3.56. The Morgan fingerprint density at radius 2 is 2.40 bits per heavy atom. The summed E-state index contributed by atoms with van der Waals surface area (Å²) < 4.78 is 0. The summed E-state index contributed by atoms with van der Waals surface area (Å²) in [5.74, 6) is 0. The summed E-state index contributed by atoms with van der Waals surface area (Å²) >= 11 is 0. The first-order chi connectivity index (χ1) is 4.57. The van der Waals surface area contributed by atoms with E-state index in [2.05, 4.69) is 5.29 Å². The van der Waals surface area contributed by atoms with Gasteiger partial charge in [0.15, 0.2) is 5.03 Å². The zero-order chi connectivity index (χ0) is 8.15. The molecule has 0 aromatic carbocycles. The molecule has 0 heterocycles. The number of nitrogens with zero attached hydrogens (tertiary/aromatic N) is 3. The van der Waals surface area contributed by atoms with Gasteiger partial charge in [-0.2, -0.15) is 0 Å². The minimum absolute atomic E-state index is 0.683. The molecule has 3 N–H and O–H groups in total. The van der Waals surface area contributed by atoms with Gasteiger partial charge < -0.3 is 0 Å². The maximum absolute atomic E-state index is 9.67. The number of nitro groups is 1. The largest absolute Gasteiger partial charge is 0.288 e. The number of nitrogens with two attached hydrogens (primary N) is 1. The molecule has 0 aliphatic carbocycles. The van der Waals surface area contributed by atoms with Crippen LogP contribution in [0.3, 0.4) is 0 Å². The molecule has 8 nitrogen and oxygen atoms in total. The molecule has 0 bridgehead atoms. The van der Waals surface area contributed by atoms with Crippen LogP contribution in [0.5, 0.6) is 0 Å². The van der Waals surface area contributed by atoms with E-state index < -0.39 is 11.3 Å². The van der Waals surface area contributed by atoms with Gasteiger partial charge in [-0.1, -0.05) is 0 Å². The fourth-order valence-corrected chi connectivity index (χ4v) is 0.242. The molecule has 0 aromatic heterocycles. The SMILES string of the molecule is CN(N=O)C(N)N[N+](=O)[O-]. The van der Waals surface area contributed by atoms with Crippen molar-refractivity contribution in [1.82, 2.24) is 10.4 Å². The van der Waals surface area contributed by atoms with Gasteiger partial charge in [-0.15, -0.1) is 10.3 Å². The molecule has 58 valence electrons. The molecule has 1 atom stereocenters. The summed E-state index contributed by atoms with van der Waals surface area (Å²) in [6, 6.07) is 0. The smallest absolute Gasteiger partial charge is 0.226 e. The highest BCUT2D eigenvalue weighted by atomic mass is 16.7. The molecule has 0 aliphatic heterocycles. The van der Waals surface area contributed by atoms with Gasteiger partial charge in [0.2, 0.25) is 6.29 Å². The Balaban J connectivity index is 3.71. The third-order valence-electron chi connectivity index (χ3n) is 0.769. The van der Waals surface area contributed by atoms with Crippen molar-refractivity contribution >= 4 is 0 Å². The lowest BCUT2D eigenvalue weighted by atomic mass is 10.8. The lowest BCUT2D eigenvalue weighted by Gasteiger charge is -2.13. The van der Waals surface area contributed by atoms with Crippen LogP contribution in [0.4, 0.5) is 0 Å².